The van der Waals surface area contributed by atoms with Crippen LogP contribution in [0.2, 0.25) is 0 Å². The van der Waals surface area contributed by atoms with Crippen molar-refractivity contribution in [3.8, 4) is 11.5 Å². The molecule has 4 heteroatoms. The Balaban J connectivity index is 1.96. The Morgan fingerprint density at radius 1 is 1.58 bits per heavy atom. The lowest BCUT2D eigenvalue weighted by Crippen LogP contribution is -2.24. The summed E-state index contributed by atoms with van der Waals surface area (Å²) in [7, 11) is 0. The maximum Gasteiger partial charge on any atom is 0.345 e. The zero-order valence-electron chi connectivity index (χ0n) is 11.4. The van der Waals surface area contributed by atoms with Crippen molar-refractivity contribution in [2.24, 2.45) is 5.92 Å². The van der Waals surface area contributed by atoms with Crippen LogP contribution in [0.1, 0.15) is 32.3 Å². The van der Waals surface area contributed by atoms with Gasteiger partial charge in [0.25, 0.3) is 0 Å². The molecule has 0 aromatic heterocycles. The Hall–Kier alpha value is -1.71. The highest BCUT2D eigenvalue weighted by molar-refractivity contribution is 5.74. The van der Waals surface area contributed by atoms with Crippen molar-refractivity contribution in [2.75, 3.05) is 6.61 Å². The second-order valence-corrected chi connectivity index (χ2v) is 5.12. The van der Waals surface area contributed by atoms with Crippen molar-refractivity contribution in [1.82, 2.24) is 0 Å². The van der Waals surface area contributed by atoms with E-state index in [-0.39, 0.29) is 0 Å². The summed E-state index contributed by atoms with van der Waals surface area (Å²) in [5.74, 6) is 0.974. The summed E-state index contributed by atoms with van der Waals surface area (Å²) in [4.78, 5) is 10.9. The van der Waals surface area contributed by atoms with Crippen molar-refractivity contribution < 1.29 is 19.4 Å². The molecule has 0 aliphatic carbocycles. The van der Waals surface area contributed by atoms with Crippen LogP contribution < -0.4 is 9.47 Å². The molecule has 4 nitrogen and oxygen atoms in total. The lowest BCUT2D eigenvalue weighted by molar-refractivity contribution is -0.144. The van der Waals surface area contributed by atoms with Crippen molar-refractivity contribution in [1.29, 1.82) is 0 Å². The molecule has 1 aliphatic heterocycles. The molecule has 2 unspecified atom stereocenters. The number of carboxylic acids is 1. The van der Waals surface area contributed by atoms with E-state index in [0.717, 1.165) is 24.2 Å². The van der Waals surface area contributed by atoms with Gasteiger partial charge in [0, 0.05) is 12.5 Å². The molecular weight excluding hydrogens is 244 g/mol. The number of carbonyl (C=O) groups is 1. The highest BCUT2D eigenvalue weighted by Gasteiger charge is 2.28. The molecule has 104 valence electrons. The number of ether oxygens (including phenoxy) is 2. The molecule has 0 fully saturated rings. The number of fused-ring (bicyclic) bond motifs is 1. The largest absolute Gasteiger partial charge is 0.493 e. The van der Waals surface area contributed by atoms with Crippen LogP contribution >= 0.6 is 0 Å². The number of hydrogen-bond donors (Lipinski definition) is 1. The third-order valence-corrected chi connectivity index (χ3v) is 3.30. The van der Waals surface area contributed by atoms with E-state index in [1.807, 2.05) is 12.1 Å². The molecule has 0 amide bonds. The lowest BCUT2D eigenvalue weighted by Gasteiger charge is -2.12. The van der Waals surface area contributed by atoms with Gasteiger partial charge in [0.15, 0.2) is 6.10 Å². The zero-order chi connectivity index (χ0) is 13.8. The number of aliphatic carboxylic acids is 1. The molecule has 0 bridgehead atoms. The van der Waals surface area contributed by atoms with E-state index < -0.39 is 12.1 Å². The van der Waals surface area contributed by atoms with E-state index in [9.17, 15) is 4.79 Å². The fourth-order valence-electron chi connectivity index (χ4n) is 2.25. The van der Waals surface area contributed by atoms with Crippen LogP contribution in [0.15, 0.2) is 18.2 Å². The summed E-state index contributed by atoms with van der Waals surface area (Å²) in [6, 6.07) is 5.56. The summed E-state index contributed by atoms with van der Waals surface area (Å²) in [6.45, 7) is 4.99. The molecule has 2 rings (SSSR count). The minimum atomic E-state index is -0.921. The van der Waals surface area contributed by atoms with E-state index >= 15 is 0 Å². The first-order chi connectivity index (χ1) is 9.10. The fourth-order valence-corrected chi connectivity index (χ4v) is 2.25. The van der Waals surface area contributed by atoms with Gasteiger partial charge in [-0.25, -0.2) is 4.79 Å². The number of carboxylic acid groups (broad SMARTS) is 1. The highest BCUT2D eigenvalue weighted by Crippen LogP contribution is 2.32. The van der Waals surface area contributed by atoms with Gasteiger partial charge in [0.1, 0.15) is 11.5 Å². The smallest absolute Gasteiger partial charge is 0.345 e. The molecule has 19 heavy (non-hydrogen) atoms. The summed E-state index contributed by atoms with van der Waals surface area (Å²) in [6.07, 6.45) is 1.96. The van der Waals surface area contributed by atoms with Crippen LogP contribution in [0.5, 0.6) is 11.5 Å². The van der Waals surface area contributed by atoms with E-state index in [1.54, 1.807) is 6.07 Å². The molecular formula is C15H20O4. The molecule has 1 heterocycles. The quantitative estimate of drug-likeness (QED) is 0.858. The van der Waals surface area contributed by atoms with Gasteiger partial charge in [-0.05, 0) is 24.0 Å². The monoisotopic (exact) mass is 264 g/mol. The van der Waals surface area contributed by atoms with Crippen LogP contribution in [0.4, 0.5) is 0 Å². The van der Waals surface area contributed by atoms with E-state index in [4.69, 9.17) is 14.6 Å². The fraction of sp³-hybridized carbons (Fsp3) is 0.533. The first kappa shape index (κ1) is 13.7. The average Bonchev–Trinajstić information content (AvgIpc) is 2.80. The van der Waals surface area contributed by atoms with Gasteiger partial charge in [-0.2, -0.15) is 0 Å². The molecule has 2 atom stereocenters. The van der Waals surface area contributed by atoms with Crippen molar-refractivity contribution in [3.05, 3.63) is 23.8 Å². The van der Waals surface area contributed by atoms with Gasteiger partial charge in [-0.15, -0.1) is 0 Å². The van der Waals surface area contributed by atoms with Gasteiger partial charge in [-0.3, -0.25) is 0 Å². The van der Waals surface area contributed by atoms with Crippen LogP contribution in [0.3, 0.4) is 0 Å². The van der Waals surface area contributed by atoms with Crippen molar-refractivity contribution in [3.63, 3.8) is 0 Å². The van der Waals surface area contributed by atoms with Gasteiger partial charge >= 0.3 is 5.97 Å². The molecule has 0 saturated heterocycles. The molecule has 0 spiro atoms. The molecule has 0 saturated carbocycles. The van der Waals surface area contributed by atoms with Crippen LogP contribution in [0.25, 0.3) is 0 Å². The molecule has 1 aliphatic rings. The number of rotatable bonds is 6. The predicted molar refractivity (Wildman–Crippen MR) is 71.8 cm³/mol. The second-order valence-electron chi connectivity index (χ2n) is 5.12. The Kier molecular flexibility index (Phi) is 4.30. The maximum atomic E-state index is 10.9. The lowest BCUT2D eigenvalue weighted by atomic mass is 10.1. The van der Waals surface area contributed by atoms with Crippen LogP contribution in [-0.4, -0.2) is 23.8 Å². The van der Waals surface area contributed by atoms with Crippen LogP contribution in [0, 0.1) is 5.92 Å². The summed E-state index contributed by atoms with van der Waals surface area (Å²) in [5, 5.41) is 8.93. The number of benzene rings is 1. The molecule has 1 aromatic rings. The molecule has 1 aromatic carbocycles. The van der Waals surface area contributed by atoms with E-state index in [0.29, 0.717) is 24.7 Å². The predicted octanol–water partition coefficient (Wildman–Crippen LogP) is 2.89. The van der Waals surface area contributed by atoms with E-state index in [1.165, 1.54) is 0 Å². The van der Waals surface area contributed by atoms with Crippen molar-refractivity contribution in [2.45, 2.75) is 39.2 Å². The minimum Gasteiger partial charge on any atom is -0.493 e. The normalized spacial score (nSPS) is 18.5. The van der Waals surface area contributed by atoms with Gasteiger partial charge in [-0.1, -0.05) is 26.3 Å². The van der Waals surface area contributed by atoms with Crippen LogP contribution in [-0.2, 0) is 11.2 Å². The molecule has 1 N–H and O–H groups in total. The number of hydrogen-bond acceptors (Lipinski definition) is 3. The van der Waals surface area contributed by atoms with Gasteiger partial charge < -0.3 is 14.6 Å². The maximum absolute atomic E-state index is 10.9. The standard InChI is InChI=1S/C15H20O4/c1-3-4-10(2)9-18-12-6-5-11-7-14(15(16)17)19-13(11)8-12/h5-6,8,10,14H,3-4,7,9H2,1-2H3,(H,16,17). The van der Waals surface area contributed by atoms with Gasteiger partial charge in [0.05, 0.1) is 6.61 Å². The minimum absolute atomic E-state index is 0.428. The van der Waals surface area contributed by atoms with Crippen molar-refractivity contribution >= 4 is 5.97 Å². The third kappa shape index (κ3) is 3.40. The third-order valence-electron chi connectivity index (χ3n) is 3.30. The summed E-state index contributed by atoms with van der Waals surface area (Å²) >= 11 is 0. The molecule has 0 radical (unpaired) electrons. The van der Waals surface area contributed by atoms with E-state index in [2.05, 4.69) is 13.8 Å². The average molecular weight is 264 g/mol. The summed E-state index contributed by atoms with van der Waals surface area (Å²) in [5.41, 5.74) is 0.932. The second kappa shape index (κ2) is 5.95. The van der Waals surface area contributed by atoms with Gasteiger partial charge in [0.2, 0.25) is 0 Å². The Morgan fingerprint density at radius 3 is 3.05 bits per heavy atom. The first-order valence-electron chi connectivity index (χ1n) is 6.75. The Morgan fingerprint density at radius 2 is 2.37 bits per heavy atom. The SMILES string of the molecule is CCCC(C)COc1ccc2c(c1)OC(C(=O)O)C2. The topological polar surface area (TPSA) is 55.8 Å². The Bertz CT molecular complexity index is 455. The first-order valence-corrected chi connectivity index (χ1v) is 6.75. The summed E-state index contributed by atoms with van der Waals surface area (Å²) < 4.78 is 11.1. The Labute approximate surface area is 113 Å². The zero-order valence-corrected chi connectivity index (χ0v) is 11.4. The highest BCUT2D eigenvalue weighted by atomic mass is 16.5.